The summed E-state index contributed by atoms with van der Waals surface area (Å²) in [4.78, 5) is 27.9. The van der Waals surface area contributed by atoms with E-state index in [1.54, 1.807) is 30.3 Å². The number of nitrogens with zero attached hydrogens (tertiary/aromatic N) is 1. The summed E-state index contributed by atoms with van der Waals surface area (Å²) < 4.78 is 45.3. The second kappa shape index (κ2) is 10.2. The molecule has 2 atom stereocenters. The highest BCUT2D eigenvalue weighted by molar-refractivity contribution is 5.95. The Morgan fingerprint density at radius 2 is 1.71 bits per heavy atom. The maximum absolute atomic E-state index is 13.4. The van der Waals surface area contributed by atoms with E-state index < -0.39 is 23.6 Å². The van der Waals surface area contributed by atoms with Gasteiger partial charge in [0, 0.05) is 31.1 Å². The number of alkyl halides is 3. The van der Waals surface area contributed by atoms with Crippen LogP contribution in [0.5, 0.6) is 5.75 Å². The summed E-state index contributed by atoms with van der Waals surface area (Å²) in [5.74, 6) is -1.38. The minimum absolute atomic E-state index is 0.0948. The van der Waals surface area contributed by atoms with Crippen molar-refractivity contribution >= 4 is 11.8 Å². The molecule has 0 bridgehead atoms. The molecule has 0 unspecified atom stereocenters. The lowest BCUT2D eigenvalue weighted by Crippen LogP contribution is -2.35. The Balaban J connectivity index is 1.60. The molecule has 0 aromatic heterocycles. The molecule has 1 saturated heterocycles. The molecule has 1 fully saturated rings. The lowest BCUT2D eigenvalue weighted by Gasteiger charge is -2.19. The van der Waals surface area contributed by atoms with Gasteiger partial charge in [-0.05, 0) is 35.4 Å². The number of hydrogen-bond acceptors (Lipinski definition) is 3. The van der Waals surface area contributed by atoms with Crippen molar-refractivity contribution in [2.45, 2.75) is 18.6 Å². The normalized spacial score (nSPS) is 17.8. The molecule has 8 heteroatoms. The molecule has 0 aliphatic carbocycles. The van der Waals surface area contributed by atoms with Gasteiger partial charge in [0.05, 0.1) is 18.6 Å². The van der Waals surface area contributed by atoms with Crippen molar-refractivity contribution in [3.8, 4) is 5.75 Å². The molecule has 5 nitrogen and oxygen atoms in total. The van der Waals surface area contributed by atoms with Crippen LogP contribution in [-0.2, 0) is 17.5 Å². The van der Waals surface area contributed by atoms with Gasteiger partial charge in [0.2, 0.25) is 5.91 Å². The number of halogens is 3. The highest BCUT2D eigenvalue weighted by Crippen LogP contribution is 2.37. The lowest BCUT2D eigenvalue weighted by atomic mass is 9.87. The second-order valence-electron chi connectivity index (χ2n) is 8.48. The van der Waals surface area contributed by atoms with Gasteiger partial charge >= 0.3 is 6.18 Å². The fraction of sp³-hybridized carbons (Fsp3) is 0.259. The second-order valence-corrected chi connectivity index (χ2v) is 8.48. The average Bonchev–Trinajstić information content (AvgIpc) is 3.33. The highest BCUT2D eigenvalue weighted by atomic mass is 19.4. The van der Waals surface area contributed by atoms with Gasteiger partial charge in [0.15, 0.2) is 0 Å². The van der Waals surface area contributed by atoms with Gasteiger partial charge in [-0.2, -0.15) is 13.2 Å². The molecule has 182 valence electrons. The monoisotopic (exact) mass is 482 g/mol. The maximum atomic E-state index is 13.4. The van der Waals surface area contributed by atoms with Crippen LogP contribution in [0.15, 0.2) is 78.9 Å². The van der Waals surface area contributed by atoms with Gasteiger partial charge in [0.25, 0.3) is 5.91 Å². The molecule has 4 rings (SSSR count). The predicted octanol–water partition coefficient (Wildman–Crippen LogP) is 4.89. The number of carbonyl (C=O) groups excluding carboxylic acids is 2. The van der Waals surface area contributed by atoms with Crippen LogP contribution in [0.4, 0.5) is 13.2 Å². The molecular formula is C27H25F3N2O3. The van der Waals surface area contributed by atoms with Gasteiger partial charge in [0.1, 0.15) is 5.75 Å². The molecule has 0 saturated carbocycles. The Kier molecular flexibility index (Phi) is 7.10. The molecule has 35 heavy (non-hydrogen) atoms. The number of hydrogen-bond donors (Lipinski definition) is 1. The minimum atomic E-state index is -4.50. The average molecular weight is 483 g/mol. The molecule has 3 aromatic carbocycles. The number of nitrogens with one attached hydrogen (secondary N) is 1. The van der Waals surface area contributed by atoms with E-state index in [2.05, 4.69) is 5.32 Å². The van der Waals surface area contributed by atoms with Crippen LogP contribution in [0.1, 0.15) is 33.0 Å². The molecule has 0 radical (unpaired) electrons. The number of carbonyl (C=O) groups is 2. The fourth-order valence-corrected chi connectivity index (χ4v) is 4.37. The SMILES string of the molecule is COc1cccc(C(=O)N2C[C@H](c3cccc(C(F)(F)F)c3)[C@H](C(=O)NCc3ccccc3)C2)c1. The summed E-state index contributed by atoms with van der Waals surface area (Å²) in [7, 11) is 1.50. The Labute approximate surface area is 201 Å². The van der Waals surface area contributed by atoms with Crippen LogP contribution >= 0.6 is 0 Å². The zero-order chi connectivity index (χ0) is 25.0. The summed E-state index contributed by atoms with van der Waals surface area (Å²) in [5.41, 5.74) is 0.882. The molecule has 3 aromatic rings. The van der Waals surface area contributed by atoms with Crippen LogP contribution in [-0.4, -0.2) is 36.9 Å². The Bertz CT molecular complexity index is 1200. The molecule has 2 amide bonds. The Hall–Kier alpha value is -3.81. The predicted molar refractivity (Wildman–Crippen MR) is 125 cm³/mol. The first-order valence-corrected chi connectivity index (χ1v) is 11.2. The van der Waals surface area contributed by atoms with Crippen LogP contribution in [0.2, 0.25) is 0 Å². The minimum Gasteiger partial charge on any atom is -0.497 e. The van der Waals surface area contributed by atoms with Crippen molar-refractivity contribution < 1.29 is 27.5 Å². The van der Waals surface area contributed by atoms with Crippen LogP contribution in [0, 0.1) is 5.92 Å². The third kappa shape index (κ3) is 5.65. The van der Waals surface area contributed by atoms with Crippen LogP contribution in [0.3, 0.4) is 0 Å². The van der Waals surface area contributed by atoms with Gasteiger partial charge < -0.3 is 15.0 Å². The third-order valence-corrected chi connectivity index (χ3v) is 6.21. The van der Waals surface area contributed by atoms with Crippen LogP contribution < -0.4 is 10.1 Å². The van der Waals surface area contributed by atoms with Crippen molar-refractivity contribution in [2.24, 2.45) is 5.92 Å². The lowest BCUT2D eigenvalue weighted by molar-refractivity contribution is -0.137. The van der Waals surface area contributed by atoms with E-state index in [1.165, 1.54) is 18.1 Å². The number of benzene rings is 3. The van der Waals surface area contributed by atoms with Crippen LogP contribution in [0.25, 0.3) is 0 Å². The molecule has 1 heterocycles. The van der Waals surface area contributed by atoms with E-state index in [-0.39, 0.29) is 31.4 Å². The first-order valence-electron chi connectivity index (χ1n) is 11.2. The molecule has 0 spiro atoms. The Morgan fingerprint density at radius 3 is 2.43 bits per heavy atom. The molecular weight excluding hydrogens is 457 g/mol. The number of amides is 2. The summed E-state index contributed by atoms with van der Waals surface area (Å²) >= 11 is 0. The zero-order valence-corrected chi connectivity index (χ0v) is 19.1. The molecule has 1 aliphatic rings. The first kappa shape index (κ1) is 24.3. The summed E-state index contributed by atoms with van der Waals surface area (Å²) in [6.45, 7) is 0.508. The largest absolute Gasteiger partial charge is 0.497 e. The fourth-order valence-electron chi connectivity index (χ4n) is 4.37. The Morgan fingerprint density at radius 1 is 0.971 bits per heavy atom. The van der Waals surface area contributed by atoms with E-state index >= 15 is 0 Å². The van der Waals surface area contributed by atoms with Gasteiger partial charge in [-0.15, -0.1) is 0 Å². The van der Waals surface area contributed by atoms with Crippen molar-refractivity contribution in [1.29, 1.82) is 0 Å². The topological polar surface area (TPSA) is 58.6 Å². The number of likely N-dealkylation sites (tertiary alicyclic amines) is 1. The maximum Gasteiger partial charge on any atom is 0.416 e. The summed E-state index contributed by atoms with van der Waals surface area (Å²) in [6, 6.07) is 21.0. The summed E-state index contributed by atoms with van der Waals surface area (Å²) in [5, 5.41) is 2.88. The number of ether oxygens (including phenoxy) is 1. The molecule has 1 N–H and O–H groups in total. The zero-order valence-electron chi connectivity index (χ0n) is 19.1. The van der Waals surface area contributed by atoms with Gasteiger partial charge in [-0.1, -0.05) is 54.6 Å². The van der Waals surface area contributed by atoms with Crippen molar-refractivity contribution in [3.63, 3.8) is 0 Å². The van der Waals surface area contributed by atoms with E-state index in [1.807, 2.05) is 30.3 Å². The smallest absolute Gasteiger partial charge is 0.416 e. The quantitative estimate of drug-likeness (QED) is 0.545. The first-order chi connectivity index (χ1) is 16.8. The van der Waals surface area contributed by atoms with Gasteiger partial charge in [-0.3, -0.25) is 9.59 Å². The van der Waals surface area contributed by atoms with E-state index in [4.69, 9.17) is 4.74 Å². The summed E-state index contributed by atoms with van der Waals surface area (Å²) in [6.07, 6.45) is -4.50. The third-order valence-electron chi connectivity index (χ3n) is 6.21. The highest BCUT2D eigenvalue weighted by Gasteiger charge is 2.41. The molecule has 1 aliphatic heterocycles. The van der Waals surface area contributed by atoms with E-state index in [9.17, 15) is 22.8 Å². The standard InChI is InChI=1S/C27H25F3N2O3/c1-35-22-12-6-10-20(14-22)26(34)32-16-23(19-9-5-11-21(13-19)27(28,29)30)24(17-32)25(33)31-15-18-7-3-2-4-8-18/h2-14,23-24H,15-17H2,1H3,(H,31,33)/t23-,24-/m1/s1. The number of methoxy groups -OCH3 is 1. The van der Waals surface area contributed by atoms with E-state index in [0.717, 1.165) is 17.7 Å². The van der Waals surface area contributed by atoms with Crippen molar-refractivity contribution in [2.75, 3.05) is 20.2 Å². The van der Waals surface area contributed by atoms with E-state index in [0.29, 0.717) is 16.9 Å². The number of rotatable bonds is 6. The van der Waals surface area contributed by atoms with Crippen molar-refractivity contribution in [3.05, 3.63) is 101 Å². The van der Waals surface area contributed by atoms with Gasteiger partial charge in [-0.25, -0.2) is 0 Å². The van der Waals surface area contributed by atoms with Crippen molar-refractivity contribution in [1.82, 2.24) is 10.2 Å².